The highest BCUT2D eigenvalue weighted by Crippen LogP contribution is 2.15. The fraction of sp³-hybridized carbons (Fsp3) is 0.917. The lowest BCUT2D eigenvalue weighted by atomic mass is 10.1. The van der Waals surface area contributed by atoms with Crippen LogP contribution in [0.1, 0.15) is 13.8 Å². The summed E-state index contributed by atoms with van der Waals surface area (Å²) in [6.45, 7) is 7.02. The smallest absolute Gasteiger partial charge is 0.246 e. The molecule has 0 aromatic carbocycles. The highest BCUT2D eigenvalue weighted by molar-refractivity contribution is 5.77. The second kappa shape index (κ2) is 7.68. The van der Waals surface area contributed by atoms with Gasteiger partial charge < -0.3 is 24.8 Å². The SMILES string of the molecule is CCN(CC)CC1OCC(NC(=O)COC)C1O. The number of carbonyl (C=O) groups excluding carboxylic acids is 1. The number of ether oxygens (including phenoxy) is 2. The molecule has 0 bridgehead atoms. The number of nitrogens with zero attached hydrogens (tertiary/aromatic N) is 1. The average molecular weight is 260 g/mol. The van der Waals surface area contributed by atoms with Crippen LogP contribution in [0.5, 0.6) is 0 Å². The lowest BCUT2D eigenvalue weighted by Crippen LogP contribution is -2.47. The Labute approximate surface area is 108 Å². The van der Waals surface area contributed by atoms with E-state index in [0.717, 1.165) is 13.1 Å². The largest absolute Gasteiger partial charge is 0.388 e. The molecule has 0 aromatic rings. The van der Waals surface area contributed by atoms with Crippen molar-refractivity contribution < 1.29 is 19.4 Å². The van der Waals surface area contributed by atoms with Gasteiger partial charge in [0.05, 0.1) is 18.8 Å². The molecule has 1 aliphatic heterocycles. The first kappa shape index (κ1) is 15.4. The fourth-order valence-electron chi connectivity index (χ4n) is 2.09. The van der Waals surface area contributed by atoms with Gasteiger partial charge in [-0.05, 0) is 13.1 Å². The van der Waals surface area contributed by atoms with Gasteiger partial charge in [0.15, 0.2) is 0 Å². The summed E-state index contributed by atoms with van der Waals surface area (Å²) in [5, 5.41) is 12.8. The number of aliphatic hydroxyl groups is 1. The van der Waals surface area contributed by atoms with E-state index >= 15 is 0 Å². The summed E-state index contributed by atoms with van der Waals surface area (Å²) in [5.41, 5.74) is 0. The minimum atomic E-state index is -0.661. The highest BCUT2D eigenvalue weighted by Gasteiger charge is 2.37. The zero-order chi connectivity index (χ0) is 13.5. The normalized spacial score (nSPS) is 27.7. The molecule has 6 heteroatoms. The van der Waals surface area contributed by atoms with Gasteiger partial charge >= 0.3 is 0 Å². The van der Waals surface area contributed by atoms with Gasteiger partial charge in [0.2, 0.25) is 5.91 Å². The molecule has 0 aliphatic carbocycles. The monoisotopic (exact) mass is 260 g/mol. The number of amides is 1. The molecule has 1 heterocycles. The summed E-state index contributed by atoms with van der Waals surface area (Å²) in [6.07, 6.45) is -0.899. The predicted molar refractivity (Wildman–Crippen MR) is 67.3 cm³/mol. The molecule has 1 amide bonds. The van der Waals surface area contributed by atoms with Crippen LogP contribution in [0.2, 0.25) is 0 Å². The molecule has 3 unspecified atom stereocenters. The first-order chi connectivity index (χ1) is 8.62. The van der Waals surface area contributed by atoms with Crippen LogP contribution in [0.4, 0.5) is 0 Å². The lowest BCUT2D eigenvalue weighted by molar-refractivity contribution is -0.126. The molecule has 1 aliphatic rings. The van der Waals surface area contributed by atoms with Crippen molar-refractivity contribution in [3.63, 3.8) is 0 Å². The molecule has 106 valence electrons. The van der Waals surface area contributed by atoms with E-state index in [1.165, 1.54) is 7.11 Å². The molecule has 0 aromatic heterocycles. The zero-order valence-corrected chi connectivity index (χ0v) is 11.4. The quantitative estimate of drug-likeness (QED) is 0.628. The third-order valence-corrected chi connectivity index (χ3v) is 3.24. The van der Waals surface area contributed by atoms with Gasteiger partial charge in [0, 0.05) is 13.7 Å². The number of hydrogen-bond donors (Lipinski definition) is 2. The molecule has 2 N–H and O–H groups in total. The van der Waals surface area contributed by atoms with Gasteiger partial charge in [-0.1, -0.05) is 13.8 Å². The lowest BCUT2D eigenvalue weighted by Gasteiger charge is -2.24. The number of carbonyl (C=O) groups is 1. The molecule has 6 nitrogen and oxygen atoms in total. The summed E-state index contributed by atoms with van der Waals surface area (Å²) in [7, 11) is 1.46. The molecular weight excluding hydrogens is 236 g/mol. The molecular formula is C12H24N2O4. The summed E-state index contributed by atoms with van der Waals surface area (Å²) in [6, 6.07) is -0.340. The number of likely N-dealkylation sites (N-methyl/N-ethyl adjacent to an activating group) is 1. The summed E-state index contributed by atoms with van der Waals surface area (Å²) in [4.78, 5) is 13.6. The van der Waals surface area contributed by atoms with Crippen LogP contribution in [-0.2, 0) is 14.3 Å². The average Bonchev–Trinajstić information content (AvgIpc) is 2.68. The predicted octanol–water partition coefficient (Wildman–Crippen LogP) is -0.781. The van der Waals surface area contributed by atoms with Crippen LogP contribution < -0.4 is 5.32 Å². The van der Waals surface area contributed by atoms with Gasteiger partial charge in [0.25, 0.3) is 0 Å². The summed E-state index contributed by atoms with van der Waals surface area (Å²) < 4.78 is 10.3. The second-order valence-corrected chi connectivity index (χ2v) is 4.46. The van der Waals surface area contributed by atoms with E-state index in [4.69, 9.17) is 9.47 Å². The van der Waals surface area contributed by atoms with Crippen molar-refractivity contribution >= 4 is 5.91 Å². The van der Waals surface area contributed by atoms with Crippen LogP contribution in [0, 0.1) is 0 Å². The van der Waals surface area contributed by atoms with E-state index in [-0.39, 0.29) is 24.7 Å². The third kappa shape index (κ3) is 4.20. The van der Waals surface area contributed by atoms with Crippen LogP contribution in [0.3, 0.4) is 0 Å². The minimum Gasteiger partial charge on any atom is -0.388 e. The minimum absolute atomic E-state index is 0.00390. The summed E-state index contributed by atoms with van der Waals surface area (Å²) in [5.74, 6) is -0.228. The van der Waals surface area contributed by atoms with Crippen molar-refractivity contribution in [2.75, 3.05) is 40.0 Å². The van der Waals surface area contributed by atoms with E-state index in [9.17, 15) is 9.90 Å². The number of nitrogens with one attached hydrogen (secondary N) is 1. The van der Waals surface area contributed by atoms with Crippen LogP contribution >= 0.6 is 0 Å². The molecule has 0 radical (unpaired) electrons. The number of aliphatic hydroxyl groups excluding tert-OH is 1. The molecule has 1 rings (SSSR count). The number of methoxy groups -OCH3 is 1. The number of hydrogen-bond acceptors (Lipinski definition) is 5. The van der Waals surface area contributed by atoms with Gasteiger partial charge in [0.1, 0.15) is 12.7 Å². The van der Waals surface area contributed by atoms with Crippen LogP contribution in [0.15, 0.2) is 0 Å². The Morgan fingerprint density at radius 3 is 2.72 bits per heavy atom. The van der Waals surface area contributed by atoms with Crippen molar-refractivity contribution in [2.24, 2.45) is 0 Å². The van der Waals surface area contributed by atoms with Gasteiger partial charge in [-0.3, -0.25) is 4.79 Å². The maximum absolute atomic E-state index is 11.4. The van der Waals surface area contributed by atoms with Crippen molar-refractivity contribution in [1.82, 2.24) is 10.2 Å². The van der Waals surface area contributed by atoms with Crippen LogP contribution in [-0.4, -0.2) is 74.1 Å². The maximum atomic E-state index is 11.4. The Morgan fingerprint density at radius 2 is 2.17 bits per heavy atom. The van der Waals surface area contributed by atoms with Crippen molar-refractivity contribution in [3.8, 4) is 0 Å². The van der Waals surface area contributed by atoms with E-state index in [0.29, 0.717) is 13.2 Å². The Morgan fingerprint density at radius 1 is 1.50 bits per heavy atom. The standard InChI is InChI=1S/C12H24N2O4/c1-4-14(5-2)6-10-12(16)9(7-18-10)13-11(15)8-17-3/h9-10,12,16H,4-8H2,1-3H3,(H,13,15). The Hall–Kier alpha value is -0.690. The second-order valence-electron chi connectivity index (χ2n) is 4.46. The fourth-order valence-corrected chi connectivity index (χ4v) is 2.09. The van der Waals surface area contributed by atoms with Crippen molar-refractivity contribution in [1.29, 1.82) is 0 Å². The molecule has 0 saturated carbocycles. The van der Waals surface area contributed by atoms with Gasteiger partial charge in [-0.15, -0.1) is 0 Å². The topological polar surface area (TPSA) is 71.0 Å². The first-order valence-electron chi connectivity index (χ1n) is 6.42. The van der Waals surface area contributed by atoms with Crippen molar-refractivity contribution in [3.05, 3.63) is 0 Å². The molecule has 3 atom stereocenters. The number of rotatable bonds is 7. The molecule has 0 spiro atoms. The van der Waals surface area contributed by atoms with Gasteiger partial charge in [-0.2, -0.15) is 0 Å². The van der Waals surface area contributed by atoms with Crippen LogP contribution in [0.25, 0.3) is 0 Å². The Kier molecular flexibility index (Phi) is 6.56. The third-order valence-electron chi connectivity index (χ3n) is 3.24. The van der Waals surface area contributed by atoms with Crippen molar-refractivity contribution in [2.45, 2.75) is 32.1 Å². The Bertz CT molecular complexity index is 258. The van der Waals surface area contributed by atoms with E-state index < -0.39 is 6.10 Å². The maximum Gasteiger partial charge on any atom is 0.246 e. The first-order valence-corrected chi connectivity index (χ1v) is 6.42. The van der Waals surface area contributed by atoms with Gasteiger partial charge in [-0.25, -0.2) is 0 Å². The molecule has 1 fully saturated rings. The molecule has 1 saturated heterocycles. The van der Waals surface area contributed by atoms with E-state index in [1.807, 2.05) is 0 Å². The van der Waals surface area contributed by atoms with E-state index in [1.54, 1.807) is 0 Å². The highest BCUT2D eigenvalue weighted by atomic mass is 16.5. The summed E-state index contributed by atoms with van der Waals surface area (Å²) >= 11 is 0. The molecule has 18 heavy (non-hydrogen) atoms. The van der Waals surface area contributed by atoms with E-state index in [2.05, 4.69) is 24.1 Å². The zero-order valence-electron chi connectivity index (χ0n) is 11.4. The Balaban J connectivity index is 2.41.